The lowest BCUT2D eigenvalue weighted by Gasteiger charge is -1.80. The molecule has 0 bridgehead atoms. The van der Waals surface area contributed by atoms with Crippen molar-refractivity contribution >= 4 is 28.9 Å². The van der Waals surface area contributed by atoms with Crippen molar-refractivity contribution in [2.24, 2.45) is 4.74 Å². The predicted molar refractivity (Wildman–Crippen MR) is 36.2 cm³/mol. The van der Waals surface area contributed by atoms with Gasteiger partial charge in [0.1, 0.15) is 0 Å². The molecule has 0 saturated heterocycles. The average Bonchev–Trinajstić information content (AvgIpc) is 1.27. The minimum absolute atomic E-state index is 0.265. The summed E-state index contributed by atoms with van der Waals surface area (Å²) in [4.78, 5) is 0. The van der Waals surface area contributed by atoms with E-state index in [2.05, 4.69) is 4.74 Å². The van der Waals surface area contributed by atoms with Crippen molar-refractivity contribution < 1.29 is 0 Å². The van der Waals surface area contributed by atoms with Crippen LogP contribution in [0.25, 0.3) is 0 Å². The monoisotopic (exact) mass is 158 g/mol. The van der Waals surface area contributed by atoms with Crippen LogP contribution in [-0.2, 0) is 0 Å². The van der Waals surface area contributed by atoms with Crippen LogP contribution in [0.4, 0.5) is 0 Å². The summed E-state index contributed by atoms with van der Waals surface area (Å²) in [7, 11) is 0. The molecule has 1 nitrogen and oxygen atoms in total. The summed E-state index contributed by atoms with van der Waals surface area (Å²) >= 11 is 10.7. The summed E-state index contributed by atoms with van der Waals surface area (Å²) in [5.41, 5.74) is 0. The largest absolute Gasteiger partial charge is 0.438 e. The van der Waals surface area contributed by atoms with Crippen LogP contribution in [0, 0.1) is 0 Å². The Balaban J connectivity index is 3.45. The first-order chi connectivity index (χ1) is 3.13. The molecule has 0 spiro atoms. The van der Waals surface area contributed by atoms with Crippen LogP contribution in [0.3, 0.4) is 0 Å². The van der Waals surface area contributed by atoms with Crippen LogP contribution in [0.5, 0.6) is 0 Å². The molecule has 0 heterocycles. The molecule has 0 aromatic heterocycles. The number of nitrogens with zero attached hydrogens (tertiary/aromatic N) is 1. The van der Waals surface area contributed by atoms with Gasteiger partial charge in [0, 0.05) is 0 Å². The number of hydrogen-bond acceptors (Lipinski definition) is 1. The molecule has 0 N–H and O–H groups in total. The summed E-state index contributed by atoms with van der Waals surface area (Å²) in [6.45, 7) is 3.89. The van der Waals surface area contributed by atoms with Crippen LogP contribution in [0.15, 0.2) is 4.74 Å². The Hall–Kier alpha value is 0.680. The molecule has 0 aromatic carbocycles. The summed E-state index contributed by atoms with van der Waals surface area (Å²) in [6.07, 6.45) is -1.07. The fourth-order valence-corrected chi connectivity index (χ4v) is 1.57. The Morgan fingerprint density at radius 3 is 1.86 bits per heavy atom. The van der Waals surface area contributed by atoms with Gasteiger partial charge in [-0.1, -0.05) is 4.74 Å². The molecule has 0 aliphatic carbocycles. The van der Waals surface area contributed by atoms with E-state index < -0.39 is 6.42 Å². The molecule has 0 unspecified atom stereocenters. The summed E-state index contributed by atoms with van der Waals surface area (Å²) in [5, 5.41) is 0. The molecule has 0 rings (SSSR count). The predicted octanol–water partition coefficient (Wildman–Crippen LogP) is 3.37. The van der Waals surface area contributed by atoms with Gasteiger partial charge >= 0.3 is 6.42 Å². The van der Waals surface area contributed by atoms with E-state index >= 15 is 0 Å². The van der Waals surface area contributed by atoms with Gasteiger partial charge < -0.3 is 0 Å². The number of rotatable bonds is 1. The molecule has 0 radical (unpaired) electrons. The van der Waals surface area contributed by atoms with Crippen molar-refractivity contribution in [2.75, 3.05) is 0 Å². The third kappa shape index (κ3) is 6.68. The number of hydrogen-bond donors (Lipinski definition) is 0. The van der Waals surface area contributed by atoms with Gasteiger partial charge in [-0.3, -0.25) is 0 Å². The van der Waals surface area contributed by atoms with E-state index in [0.29, 0.717) is 0 Å². The lowest BCUT2D eigenvalue weighted by atomic mass is 10.4. The second-order valence-electron chi connectivity index (χ2n) is 1.42. The zero-order valence-electron chi connectivity index (χ0n) is 4.23. The highest BCUT2D eigenvalue weighted by Crippen LogP contribution is 2.37. The van der Waals surface area contributed by atoms with Gasteiger partial charge in [-0.25, -0.2) is 0 Å². The van der Waals surface area contributed by atoms with Gasteiger partial charge in [0.15, 0.2) is 0 Å². The molecule has 0 aliphatic heterocycles. The maximum Gasteiger partial charge on any atom is 0.438 e. The molecule has 7 heavy (non-hydrogen) atoms. The zero-order valence-corrected chi connectivity index (χ0v) is 6.63. The second-order valence-corrected chi connectivity index (χ2v) is 4.53. The average molecular weight is 159 g/mol. The van der Waals surface area contributed by atoms with Crippen LogP contribution >= 0.6 is 28.9 Å². The van der Waals surface area contributed by atoms with Gasteiger partial charge in [-0.05, 0) is 13.8 Å². The Kier molecular flexibility index (Phi) is 4.01. The third-order valence-electron chi connectivity index (χ3n) is 0.318. The molecular formula is C3H7Cl2NP+. The standard InChI is InChI=1S/C3H7Cl2NP/c1-3(2)6-7(4)5/h3H,1-2H3/q+1. The van der Waals surface area contributed by atoms with Crippen LogP contribution in [0.2, 0.25) is 0 Å². The lowest BCUT2D eigenvalue weighted by molar-refractivity contribution is 0.851. The minimum Gasteiger partial charge on any atom is -0.0722 e. The molecule has 0 saturated carbocycles. The Morgan fingerprint density at radius 1 is 1.43 bits per heavy atom. The quantitative estimate of drug-likeness (QED) is 0.520. The fraction of sp³-hybridized carbons (Fsp3) is 1.00. The van der Waals surface area contributed by atoms with E-state index in [1.54, 1.807) is 0 Å². The van der Waals surface area contributed by atoms with Crippen LogP contribution < -0.4 is 0 Å². The topological polar surface area (TPSA) is 12.4 Å². The molecule has 42 valence electrons. The molecule has 0 aliphatic rings. The van der Waals surface area contributed by atoms with Gasteiger partial charge in [-0.2, -0.15) is 0 Å². The van der Waals surface area contributed by atoms with E-state index in [1.807, 2.05) is 13.8 Å². The zero-order chi connectivity index (χ0) is 5.86. The first-order valence-electron chi connectivity index (χ1n) is 1.95. The molecule has 4 heteroatoms. The Morgan fingerprint density at radius 2 is 1.86 bits per heavy atom. The van der Waals surface area contributed by atoms with Crippen molar-refractivity contribution in [1.29, 1.82) is 0 Å². The summed E-state index contributed by atoms with van der Waals surface area (Å²) < 4.78 is 3.87. The molecule has 0 atom stereocenters. The van der Waals surface area contributed by atoms with E-state index in [0.717, 1.165) is 0 Å². The maximum atomic E-state index is 5.34. The molecule has 0 fully saturated rings. The van der Waals surface area contributed by atoms with E-state index in [9.17, 15) is 0 Å². The highest BCUT2D eigenvalue weighted by molar-refractivity contribution is 7.96. The minimum atomic E-state index is -1.07. The Labute approximate surface area is 54.1 Å². The first kappa shape index (κ1) is 7.68. The maximum absolute atomic E-state index is 5.34. The van der Waals surface area contributed by atoms with E-state index in [-0.39, 0.29) is 6.04 Å². The van der Waals surface area contributed by atoms with Gasteiger partial charge in [-0.15, -0.1) is 0 Å². The highest BCUT2D eigenvalue weighted by atomic mass is 35.9. The van der Waals surface area contributed by atoms with Crippen molar-refractivity contribution in [3.8, 4) is 0 Å². The lowest BCUT2D eigenvalue weighted by Crippen LogP contribution is -1.81. The second kappa shape index (κ2) is 3.65. The summed E-state index contributed by atoms with van der Waals surface area (Å²) in [6, 6.07) is 0.265. The summed E-state index contributed by atoms with van der Waals surface area (Å²) in [5.74, 6) is 0. The highest BCUT2D eigenvalue weighted by Gasteiger charge is 2.02. The normalized spacial score (nSPS) is 9.29. The first-order valence-corrected chi connectivity index (χ1v) is 5.06. The number of halogens is 2. The van der Waals surface area contributed by atoms with Crippen LogP contribution in [0.1, 0.15) is 13.8 Å². The third-order valence-corrected chi connectivity index (χ3v) is 1.48. The fourth-order valence-electron chi connectivity index (χ4n) is 0.175. The Bertz CT molecular complexity index is 77.0. The van der Waals surface area contributed by atoms with Crippen molar-refractivity contribution in [3.05, 3.63) is 0 Å². The van der Waals surface area contributed by atoms with Gasteiger partial charge in [0.2, 0.25) is 22.5 Å². The van der Waals surface area contributed by atoms with Crippen molar-refractivity contribution in [2.45, 2.75) is 19.9 Å². The van der Waals surface area contributed by atoms with E-state index in [1.165, 1.54) is 0 Å². The van der Waals surface area contributed by atoms with Crippen LogP contribution in [-0.4, -0.2) is 6.04 Å². The smallest absolute Gasteiger partial charge is 0.0722 e. The van der Waals surface area contributed by atoms with Crippen molar-refractivity contribution in [1.82, 2.24) is 0 Å². The molecule has 0 aromatic rings. The van der Waals surface area contributed by atoms with Gasteiger partial charge in [0.05, 0.1) is 6.04 Å². The van der Waals surface area contributed by atoms with Crippen molar-refractivity contribution in [3.63, 3.8) is 0 Å². The van der Waals surface area contributed by atoms with Gasteiger partial charge in [0.25, 0.3) is 0 Å². The molecule has 0 amide bonds. The van der Waals surface area contributed by atoms with E-state index in [4.69, 9.17) is 22.5 Å². The molecular weight excluding hydrogens is 152 g/mol. The SMILES string of the molecule is CC(C)N=[P+](Cl)Cl.